The molecule has 0 unspecified atom stereocenters. The largest absolute Gasteiger partial charge is 0.493 e. The first-order valence-electron chi connectivity index (χ1n) is 6.86. The zero-order chi connectivity index (χ0) is 15.8. The second-order valence-electron chi connectivity index (χ2n) is 4.71. The second-order valence-corrected chi connectivity index (χ2v) is 4.71. The summed E-state index contributed by atoms with van der Waals surface area (Å²) in [6, 6.07) is 9.47. The number of primary amides is 1. The van der Waals surface area contributed by atoms with Gasteiger partial charge >= 0.3 is 0 Å². The molecule has 1 heterocycles. The maximum absolute atomic E-state index is 10.8. The number of methoxy groups -OCH3 is 1. The third-order valence-corrected chi connectivity index (χ3v) is 2.98. The summed E-state index contributed by atoms with van der Waals surface area (Å²) in [5.74, 6) is 0.545. The molecule has 0 saturated heterocycles. The molecule has 0 radical (unpaired) electrons. The van der Waals surface area contributed by atoms with Crippen LogP contribution in [0.2, 0.25) is 0 Å². The molecule has 0 aliphatic rings. The van der Waals surface area contributed by atoms with Gasteiger partial charge in [0.1, 0.15) is 0 Å². The van der Waals surface area contributed by atoms with Crippen molar-refractivity contribution < 1.29 is 14.3 Å². The third-order valence-electron chi connectivity index (χ3n) is 2.98. The van der Waals surface area contributed by atoms with E-state index in [0.717, 1.165) is 17.7 Å². The van der Waals surface area contributed by atoms with Gasteiger partial charge in [-0.05, 0) is 29.3 Å². The van der Waals surface area contributed by atoms with Crippen LogP contribution < -0.4 is 20.5 Å². The van der Waals surface area contributed by atoms with E-state index in [-0.39, 0.29) is 31.4 Å². The van der Waals surface area contributed by atoms with Gasteiger partial charge in [0.2, 0.25) is 0 Å². The number of carbonyl (C=O) groups excluding carboxylic acids is 1. The molecule has 8 heteroatoms. The number of amides is 1. The van der Waals surface area contributed by atoms with Crippen LogP contribution in [-0.4, -0.2) is 24.6 Å². The maximum atomic E-state index is 10.8. The number of hydrogen-bond acceptors (Lipinski definition) is 5. The number of aromatic nitrogens is 1. The van der Waals surface area contributed by atoms with Crippen LogP contribution in [0.15, 0.2) is 42.7 Å². The van der Waals surface area contributed by atoms with Crippen molar-refractivity contribution in [1.82, 2.24) is 10.3 Å². The highest BCUT2D eigenvalue weighted by Crippen LogP contribution is 2.27. The van der Waals surface area contributed by atoms with Gasteiger partial charge in [-0.15, -0.1) is 24.8 Å². The molecule has 0 atom stereocenters. The summed E-state index contributed by atoms with van der Waals surface area (Å²) >= 11 is 0. The number of rotatable bonds is 8. The lowest BCUT2D eigenvalue weighted by Crippen LogP contribution is -2.20. The molecule has 2 aromatic rings. The summed E-state index contributed by atoms with van der Waals surface area (Å²) in [4.78, 5) is 14.8. The molecular weight excluding hydrogens is 353 g/mol. The van der Waals surface area contributed by atoms with E-state index in [1.807, 2.05) is 30.5 Å². The summed E-state index contributed by atoms with van der Waals surface area (Å²) in [6.07, 6.45) is 3.58. The van der Waals surface area contributed by atoms with E-state index in [4.69, 9.17) is 15.2 Å². The highest BCUT2D eigenvalue weighted by Gasteiger charge is 2.07. The summed E-state index contributed by atoms with van der Waals surface area (Å²) in [6.45, 7) is 1.24. The quantitative estimate of drug-likeness (QED) is 0.739. The summed E-state index contributed by atoms with van der Waals surface area (Å²) < 4.78 is 10.6. The van der Waals surface area contributed by atoms with Gasteiger partial charge in [0, 0.05) is 25.5 Å². The lowest BCUT2D eigenvalue weighted by molar-refractivity contribution is -0.119. The number of ether oxygens (including phenoxy) is 2. The average molecular weight is 374 g/mol. The van der Waals surface area contributed by atoms with Crippen LogP contribution in [0.3, 0.4) is 0 Å². The minimum absolute atomic E-state index is 0. The van der Waals surface area contributed by atoms with Crippen molar-refractivity contribution >= 4 is 30.7 Å². The van der Waals surface area contributed by atoms with E-state index >= 15 is 0 Å². The summed E-state index contributed by atoms with van der Waals surface area (Å²) in [7, 11) is 1.55. The van der Waals surface area contributed by atoms with Crippen molar-refractivity contribution in [1.29, 1.82) is 0 Å². The van der Waals surface area contributed by atoms with Gasteiger partial charge < -0.3 is 20.5 Å². The number of hydrogen-bond donors (Lipinski definition) is 2. The number of nitrogens with one attached hydrogen (secondary N) is 1. The topological polar surface area (TPSA) is 86.5 Å². The second kappa shape index (κ2) is 11.5. The SMILES string of the molecule is COc1cc(CNCc2cccnc2)ccc1OCC(N)=O.Cl.Cl. The minimum atomic E-state index is -0.524. The Labute approximate surface area is 153 Å². The number of pyridine rings is 1. The van der Waals surface area contributed by atoms with E-state index in [0.29, 0.717) is 18.0 Å². The van der Waals surface area contributed by atoms with Crippen molar-refractivity contribution in [2.24, 2.45) is 5.73 Å². The first-order valence-corrected chi connectivity index (χ1v) is 6.86. The Kier molecular flexibility index (Phi) is 10.5. The number of carbonyl (C=O) groups is 1. The van der Waals surface area contributed by atoms with Crippen LogP contribution >= 0.6 is 24.8 Å². The molecule has 0 saturated carbocycles. The molecule has 1 aromatic carbocycles. The van der Waals surface area contributed by atoms with Crippen molar-refractivity contribution in [2.75, 3.05) is 13.7 Å². The fraction of sp³-hybridized carbons (Fsp3) is 0.250. The Hall–Kier alpha value is -2.02. The standard InChI is InChI=1S/C16H19N3O3.2ClH/c1-21-15-7-12(4-5-14(15)22-11-16(17)20)8-19-10-13-3-2-6-18-9-13;;/h2-7,9,19H,8,10-11H2,1H3,(H2,17,20);2*1H. The molecular formula is C16H21Cl2N3O3. The van der Waals surface area contributed by atoms with Gasteiger partial charge in [0.25, 0.3) is 5.91 Å². The molecule has 24 heavy (non-hydrogen) atoms. The van der Waals surface area contributed by atoms with Gasteiger partial charge in [-0.25, -0.2) is 0 Å². The van der Waals surface area contributed by atoms with Crippen LogP contribution in [0.4, 0.5) is 0 Å². The highest BCUT2D eigenvalue weighted by molar-refractivity contribution is 5.85. The smallest absolute Gasteiger partial charge is 0.255 e. The number of nitrogens with two attached hydrogens (primary N) is 1. The van der Waals surface area contributed by atoms with Gasteiger partial charge in [0.15, 0.2) is 18.1 Å². The van der Waals surface area contributed by atoms with Gasteiger partial charge in [-0.3, -0.25) is 9.78 Å². The number of halogens is 2. The van der Waals surface area contributed by atoms with Gasteiger partial charge in [0.05, 0.1) is 7.11 Å². The average Bonchev–Trinajstić information content (AvgIpc) is 2.54. The molecule has 1 amide bonds. The lowest BCUT2D eigenvalue weighted by atomic mass is 10.2. The number of nitrogens with zero attached hydrogens (tertiary/aromatic N) is 1. The predicted molar refractivity (Wildman–Crippen MR) is 97.0 cm³/mol. The molecule has 132 valence electrons. The Morgan fingerprint density at radius 1 is 1.17 bits per heavy atom. The van der Waals surface area contributed by atoms with E-state index in [1.165, 1.54) is 0 Å². The summed E-state index contributed by atoms with van der Waals surface area (Å²) in [5.41, 5.74) is 7.23. The van der Waals surface area contributed by atoms with Gasteiger partial charge in [-0.2, -0.15) is 0 Å². The zero-order valence-corrected chi connectivity index (χ0v) is 14.9. The van der Waals surface area contributed by atoms with E-state index in [9.17, 15) is 4.79 Å². The van der Waals surface area contributed by atoms with Crippen molar-refractivity contribution in [3.63, 3.8) is 0 Å². The van der Waals surface area contributed by atoms with Crippen LogP contribution in [0.25, 0.3) is 0 Å². The first kappa shape index (κ1) is 22.0. The first-order chi connectivity index (χ1) is 10.7. The lowest BCUT2D eigenvalue weighted by Gasteiger charge is -2.11. The monoisotopic (exact) mass is 373 g/mol. The van der Waals surface area contributed by atoms with Crippen LogP contribution in [0.5, 0.6) is 11.5 Å². The van der Waals surface area contributed by atoms with E-state index < -0.39 is 5.91 Å². The predicted octanol–water partition coefficient (Wildman–Crippen LogP) is 2.09. The Balaban J connectivity index is 0.00000264. The fourth-order valence-corrected chi connectivity index (χ4v) is 1.94. The van der Waals surface area contributed by atoms with Crippen LogP contribution in [0.1, 0.15) is 11.1 Å². The molecule has 0 bridgehead atoms. The Bertz CT molecular complexity index is 627. The Morgan fingerprint density at radius 3 is 2.54 bits per heavy atom. The molecule has 0 fully saturated rings. The van der Waals surface area contributed by atoms with E-state index in [2.05, 4.69) is 10.3 Å². The number of benzene rings is 1. The molecule has 3 N–H and O–H groups in total. The van der Waals surface area contributed by atoms with Crippen molar-refractivity contribution in [3.8, 4) is 11.5 Å². The van der Waals surface area contributed by atoms with Crippen molar-refractivity contribution in [3.05, 3.63) is 53.9 Å². The fourth-order valence-electron chi connectivity index (χ4n) is 1.94. The maximum Gasteiger partial charge on any atom is 0.255 e. The normalized spacial score (nSPS) is 9.38. The van der Waals surface area contributed by atoms with Crippen molar-refractivity contribution in [2.45, 2.75) is 13.1 Å². The molecule has 0 aliphatic heterocycles. The Morgan fingerprint density at radius 2 is 1.92 bits per heavy atom. The minimum Gasteiger partial charge on any atom is -0.493 e. The summed E-state index contributed by atoms with van der Waals surface area (Å²) in [5, 5.41) is 3.33. The molecule has 2 rings (SSSR count). The molecule has 1 aromatic heterocycles. The van der Waals surface area contributed by atoms with E-state index in [1.54, 1.807) is 19.4 Å². The molecule has 6 nitrogen and oxygen atoms in total. The third kappa shape index (κ3) is 7.04. The zero-order valence-electron chi connectivity index (χ0n) is 13.2. The van der Waals surface area contributed by atoms with Crippen LogP contribution in [0, 0.1) is 0 Å². The van der Waals surface area contributed by atoms with Crippen LogP contribution in [-0.2, 0) is 17.9 Å². The van der Waals surface area contributed by atoms with Gasteiger partial charge in [-0.1, -0.05) is 12.1 Å². The highest BCUT2D eigenvalue weighted by atomic mass is 35.5. The molecule has 0 aliphatic carbocycles. The molecule has 0 spiro atoms.